The molecule has 0 spiro atoms. The van der Waals surface area contributed by atoms with Gasteiger partial charge in [-0.1, -0.05) is 45.8 Å². The summed E-state index contributed by atoms with van der Waals surface area (Å²) in [6.07, 6.45) is 11.2. The Morgan fingerprint density at radius 2 is 1.90 bits per heavy atom. The molecule has 0 unspecified atom stereocenters. The van der Waals surface area contributed by atoms with Crippen molar-refractivity contribution in [2.24, 2.45) is 0 Å². The number of rotatable bonds is 4. The molecule has 152 valence electrons. The SMILES string of the molecule is C=Cc1nccnc1-c1[nH]c2cc(C(=O)OC)ccc2c1C1CCCCC1.CC. The van der Waals surface area contributed by atoms with E-state index in [-0.39, 0.29) is 5.97 Å². The van der Waals surface area contributed by atoms with Gasteiger partial charge in [-0.2, -0.15) is 0 Å². The Bertz CT molecular complexity index is 1000. The molecule has 0 saturated heterocycles. The number of esters is 1. The van der Waals surface area contributed by atoms with Gasteiger partial charge in [-0.15, -0.1) is 0 Å². The highest BCUT2D eigenvalue weighted by molar-refractivity contribution is 5.98. The fraction of sp³-hybridized carbons (Fsp3) is 0.375. The van der Waals surface area contributed by atoms with Crippen molar-refractivity contribution in [1.29, 1.82) is 0 Å². The molecule has 4 rings (SSSR count). The number of nitrogens with zero attached hydrogens (tertiary/aromatic N) is 2. The largest absolute Gasteiger partial charge is 0.465 e. The van der Waals surface area contributed by atoms with Crippen LogP contribution in [0.15, 0.2) is 37.2 Å². The number of hydrogen-bond donors (Lipinski definition) is 1. The van der Waals surface area contributed by atoms with E-state index in [1.165, 1.54) is 44.8 Å². The maximum Gasteiger partial charge on any atom is 0.337 e. The van der Waals surface area contributed by atoms with E-state index in [9.17, 15) is 4.79 Å². The topological polar surface area (TPSA) is 67.9 Å². The zero-order valence-electron chi connectivity index (χ0n) is 17.5. The van der Waals surface area contributed by atoms with Crippen molar-refractivity contribution in [2.75, 3.05) is 7.11 Å². The summed E-state index contributed by atoms with van der Waals surface area (Å²) in [5.74, 6) is 0.143. The molecule has 0 bridgehead atoms. The van der Waals surface area contributed by atoms with Gasteiger partial charge >= 0.3 is 5.97 Å². The smallest absolute Gasteiger partial charge is 0.337 e. The van der Waals surface area contributed by atoms with Gasteiger partial charge in [0.05, 0.1) is 24.1 Å². The first-order valence-electron chi connectivity index (χ1n) is 10.4. The monoisotopic (exact) mass is 391 g/mol. The summed E-state index contributed by atoms with van der Waals surface area (Å²) in [7, 11) is 1.40. The molecule has 0 radical (unpaired) electrons. The van der Waals surface area contributed by atoms with Crippen LogP contribution < -0.4 is 0 Å². The molecule has 3 aromatic rings. The minimum Gasteiger partial charge on any atom is -0.465 e. The molecule has 1 N–H and O–H groups in total. The average molecular weight is 392 g/mol. The number of fused-ring (bicyclic) bond motifs is 1. The Morgan fingerprint density at radius 3 is 2.59 bits per heavy atom. The summed E-state index contributed by atoms with van der Waals surface area (Å²) in [6.45, 7) is 7.88. The van der Waals surface area contributed by atoms with Crippen LogP contribution in [0.1, 0.15) is 73.5 Å². The number of carbonyl (C=O) groups is 1. The van der Waals surface area contributed by atoms with Crippen molar-refractivity contribution in [2.45, 2.75) is 51.9 Å². The van der Waals surface area contributed by atoms with Crippen molar-refractivity contribution in [3.05, 3.63) is 54.0 Å². The van der Waals surface area contributed by atoms with Gasteiger partial charge in [0.25, 0.3) is 0 Å². The van der Waals surface area contributed by atoms with Crippen molar-refractivity contribution in [3.63, 3.8) is 0 Å². The van der Waals surface area contributed by atoms with E-state index >= 15 is 0 Å². The molecule has 1 aliphatic carbocycles. The Kier molecular flexibility index (Phi) is 6.81. The van der Waals surface area contributed by atoms with E-state index in [0.29, 0.717) is 11.5 Å². The molecule has 0 amide bonds. The van der Waals surface area contributed by atoms with Crippen LogP contribution in [-0.2, 0) is 4.74 Å². The van der Waals surface area contributed by atoms with E-state index in [0.717, 1.165) is 28.0 Å². The molecule has 2 aromatic heterocycles. The first kappa shape index (κ1) is 20.8. The van der Waals surface area contributed by atoms with Gasteiger partial charge in [0, 0.05) is 23.3 Å². The van der Waals surface area contributed by atoms with Crippen LogP contribution in [0.25, 0.3) is 28.4 Å². The predicted molar refractivity (Wildman–Crippen MR) is 118 cm³/mol. The van der Waals surface area contributed by atoms with E-state index in [1.54, 1.807) is 18.5 Å². The molecule has 1 saturated carbocycles. The summed E-state index contributed by atoms with van der Waals surface area (Å²) in [6, 6.07) is 5.72. The van der Waals surface area contributed by atoms with Gasteiger partial charge in [0.1, 0.15) is 5.69 Å². The first-order chi connectivity index (χ1) is 14.2. The zero-order valence-corrected chi connectivity index (χ0v) is 17.5. The van der Waals surface area contributed by atoms with Gasteiger partial charge < -0.3 is 9.72 Å². The van der Waals surface area contributed by atoms with Crippen molar-refractivity contribution in [1.82, 2.24) is 15.0 Å². The van der Waals surface area contributed by atoms with E-state index in [4.69, 9.17) is 4.74 Å². The van der Waals surface area contributed by atoms with Crippen LogP contribution in [-0.4, -0.2) is 28.0 Å². The Labute approximate surface area is 172 Å². The number of methoxy groups -OCH3 is 1. The van der Waals surface area contributed by atoms with Crippen molar-refractivity contribution in [3.8, 4) is 11.4 Å². The minimum absolute atomic E-state index is 0.335. The standard InChI is InChI=1S/C22H23N3O2.C2H6/c1-3-17-20(24-12-11-23-17)21-19(14-7-5-4-6-8-14)16-10-9-15(22(26)27-2)13-18(16)25-21;1-2/h3,9-14,25H,1,4-8H2,2H3;1-2H3. The summed E-state index contributed by atoms with van der Waals surface area (Å²) in [5.41, 5.74) is 5.30. The van der Waals surface area contributed by atoms with Gasteiger partial charge in [-0.25, -0.2) is 4.79 Å². The molecule has 5 heteroatoms. The number of hydrogen-bond acceptors (Lipinski definition) is 4. The molecule has 0 atom stereocenters. The normalized spacial score (nSPS) is 14.2. The third kappa shape index (κ3) is 4.09. The molecule has 1 fully saturated rings. The lowest BCUT2D eigenvalue weighted by atomic mass is 9.82. The van der Waals surface area contributed by atoms with Crippen molar-refractivity contribution < 1.29 is 9.53 Å². The van der Waals surface area contributed by atoms with Gasteiger partial charge in [0.15, 0.2) is 0 Å². The summed E-state index contributed by atoms with van der Waals surface area (Å²) in [4.78, 5) is 24.5. The Morgan fingerprint density at radius 1 is 1.17 bits per heavy atom. The molecule has 29 heavy (non-hydrogen) atoms. The minimum atomic E-state index is -0.335. The van der Waals surface area contributed by atoms with Crippen LogP contribution in [0.4, 0.5) is 0 Å². The number of carbonyl (C=O) groups excluding carboxylic acids is 1. The number of H-pyrrole nitrogens is 1. The average Bonchev–Trinajstić information content (AvgIpc) is 3.18. The number of aromatic amines is 1. The fourth-order valence-corrected chi connectivity index (χ4v) is 4.16. The molecular weight excluding hydrogens is 362 g/mol. The highest BCUT2D eigenvalue weighted by Gasteiger charge is 2.25. The Balaban J connectivity index is 0.00000117. The number of aromatic nitrogens is 3. The molecular formula is C24H29N3O2. The van der Waals surface area contributed by atoms with Crippen LogP contribution in [0.3, 0.4) is 0 Å². The highest BCUT2D eigenvalue weighted by atomic mass is 16.5. The van der Waals surface area contributed by atoms with Gasteiger partial charge in [-0.3, -0.25) is 9.97 Å². The van der Waals surface area contributed by atoms with E-state index < -0.39 is 0 Å². The summed E-state index contributed by atoms with van der Waals surface area (Å²) >= 11 is 0. The van der Waals surface area contributed by atoms with Crippen LogP contribution in [0, 0.1) is 0 Å². The van der Waals surface area contributed by atoms with Crippen LogP contribution in [0.2, 0.25) is 0 Å². The molecule has 1 aromatic carbocycles. The second kappa shape index (κ2) is 9.50. The van der Waals surface area contributed by atoms with Gasteiger partial charge in [0.2, 0.25) is 0 Å². The maximum atomic E-state index is 11.9. The third-order valence-corrected chi connectivity index (χ3v) is 5.43. The van der Waals surface area contributed by atoms with Crippen LogP contribution >= 0.6 is 0 Å². The molecule has 0 aliphatic heterocycles. The fourth-order valence-electron chi connectivity index (χ4n) is 4.16. The highest BCUT2D eigenvalue weighted by Crippen LogP contribution is 2.42. The molecule has 5 nitrogen and oxygen atoms in total. The van der Waals surface area contributed by atoms with E-state index in [1.807, 2.05) is 32.0 Å². The third-order valence-electron chi connectivity index (χ3n) is 5.43. The lowest BCUT2D eigenvalue weighted by molar-refractivity contribution is 0.0601. The summed E-state index contributed by atoms with van der Waals surface area (Å²) < 4.78 is 4.87. The lowest BCUT2D eigenvalue weighted by Crippen LogP contribution is -2.06. The second-order valence-corrected chi connectivity index (χ2v) is 6.99. The molecule has 1 aliphatic rings. The zero-order chi connectivity index (χ0) is 20.8. The van der Waals surface area contributed by atoms with Crippen molar-refractivity contribution >= 4 is 22.9 Å². The lowest BCUT2D eigenvalue weighted by Gasteiger charge is -2.23. The second-order valence-electron chi connectivity index (χ2n) is 6.99. The number of ether oxygens (including phenoxy) is 1. The van der Waals surface area contributed by atoms with E-state index in [2.05, 4.69) is 21.5 Å². The predicted octanol–water partition coefficient (Wildman–Crippen LogP) is 6.13. The maximum absolute atomic E-state index is 11.9. The number of nitrogens with one attached hydrogen (secondary N) is 1. The Hall–Kier alpha value is -2.95. The summed E-state index contributed by atoms with van der Waals surface area (Å²) in [5, 5.41) is 1.14. The van der Waals surface area contributed by atoms with Crippen LogP contribution in [0.5, 0.6) is 0 Å². The van der Waals surface area contributed by atoms with Gasteiger partial charge in [-0.05, 0) is 42.5 Å². The quantitative estimate of drug-likeness (QED) is 0.543. The first-order valence-corrected chi connectivity index (χ1v) is 10.4. The number of benzene rings is 1. The molecule has 2 heterocycles.